The quantitative estimate of drug-likeness (QED) is 0.0504. The molecule has 0 spiro atoms. The van der Waals surface area contributed by atoms with Gasteiger partial charge in [0.25, 0.3) is 23.6 Å². The Morgan fingerprint density at radius 3 is 1.43 bits per heavy atom. The fraction of sp³-hybridized carbons (Fsp3) is 0.394. The number of primary amides is 1. The number of hydrogen-bond acceptors (Lipinski definition) is 12. The molecule has 6 amide bonds. The van der Waals surface area contributed by atoms with Gasteiger partial charge in [0, 0.05) is 25.5 Å². The summed E-state index contributed by atoms with van der Waals surface area (Å²) >= 11 is 0. The van der Waals surface area contributed by atoms with Crippen LogP contribution in [-0.4, -0.2) is 142 Å². The molecule has 276 valence electrons. The first-order valence-electron chi connectivity index (χ1n) is 15.5. The Balaban J connectivity index is 2.65. The SMILES string of the molecule is COc1ccc(C=NC(=O)C(C(=O)NCCOCCO)N(C(=O)CC(N)=O)C(C(=O)N=Cc2ccc(OC)cc2)C(=O)NCCOCCO)cc1. The number of nitrogens with zero attached hydrogens (tertiary/aromatic N) is 3. The van der Waals surface area contributed by atoms with Crippen LogP contribution in [0.25, 0.3) is 0 Å². The van der Waals surface area contributed by atoms with Crippen LogP contribution in [0.2, 0.25) is 0 Å². The van der Waals surface area contributed by atoms with Gasteiger partial charge in [-0.1, -0.05) is 0 Å². The molecule has 18 nitrogen and oxygen atoms in total. The summed E-state index contributed by atoms with van der Waals surface area (Å²) in [5.74, 6) is -6.49. The topological polar surface area (TPSA) is 258 Å². The molecular formula is C33H42N6O12. The lowest BCUT2D eigenvalue weighted by atomic mass is 10.1. The van der Waals surface area contributed by atoms with Crippen molar-refractivity contribution < 1.29 is 57.9 Å². The van der Waals surface area contributed by atoms with Gasteiger partial charge in [0.1, 0.15) is 17.9 Å². The minimum absolute atomic E-state index is 0.0570. The predicted molar refractivity (Wildman–Crippen MR) is 181 cm³/mol. The van der Waals surface area contributed by atoms with Crippen LogP contribution >= 0.6 is 0 Å². The molecule has 6 N–H and O–H groups in total. The van der Waals surface area contributed by atoms with Crippen molar-refractivity contribution in [1.29, 1.82) is 0 Å². The maximum Gasteiger partial charge on any atom is 0.278 e. The summed E-state index contributed by atoms with van der Waals surface area (Å²) in [6.45, 7) is -1.43. The Bertz CT molecular complexity index is 1420. The number of benzene rings is 2. The number of aliphatic imine (C=N–C) groups is 2. The summed E-state index contributed by atoms with van der Waals surface area (Å²) in [4.78, 5) is 88.6. The summed E-state index contributed by atoms with van der Waals surface area (Å²) in [5, 5.41) is 22.7. The van der Waals surface area contributed by atoms with Gasteiger partial charge in [0.05, 0.1) is 53.9 Å². The molecule has 0 aliphatic heterocycles. The van der Waals surface area contributed by atoms with Crippen molar-refractivity contribution in [2.24, 2.45) is 15.7 Å². The molecule has 0 aliphatic rings. The molecule has 0 aliphatic carbocycles. The second-order valence-electron chi connectivity index (χ2n) is 10.2. The monoisotopic (exact) mass is 714 g/mol. The van der Waals surface area contributed by atoms with E-state index >= 15 is 0 Å². The van der Waals surface area contributed by atoms with Gasteiger partial charge in [-0.3, -0.25) is 28.8 Å². The first-order chi connectivity index (χ1) is 24.6. The molecule has 2 unspecified atom stereocenters. The van der Waals surface area contributed by atoms with Crippen molar-refractivity contribution in [2.45, 2.75) is 18.5 Å². The van der Waals surface area contributed by atoms with Crippen LogP contribution in [0.5, 0.6) is 11.5 Å². The number of carbonyl (C=O) groups excluding carboxylic acids is 6. The number of hydrogen-bond donors (Lipinski definition) is 5. The molecule has 0 saturated heterocycles. The average Bonchev–Trinajstić information content (AvgIpc) is 3.12. The van der Waals surface area contributed by atoms with E-state index in [1.54, 1.807) is 48.5 Å². The van der Waals surface area contributed by atoms with Crippen LogP contribution in [-0.2, 0) is 38.2 Å². The number of nitrogens with one attached hydrogen (secondary N) is 2. The van der Waals surface area contributed by atoms with E-state index in [9.17, 15) is 28.8 Å². The van der Waals surface area contributed by atoms with Crippen LogP contribution in [0.1, 0.15) is 17.5 Å². The van der Waals surface area contributed by atoms with E-state index in [0.29, 0.717) is 27.5 Å². The molecular weight excluding hydrogens is 672 g/mol. The van der Waals surface area contributed by atoms with Crippen LogP contribution in [0, 0.1) is 0 Å². The number of aliphatic hydroxyl groups excluding tert-OH is 2. The zero-order valence-electron chi connectivity index (χ0n) is 28.2. The van der Waals surface area contributed by atoms with Crippen molar-refractivity contribution >= 4 is 47.9 Å². The van der Waals surface area contributed by atoms with Crippen molar-refractivity contribution in [1.82, 2.24) is 15.5 Å². The molecule has 0 heterocycles. The van der Waals surface area contributed by atoms with E-state index in [1.807, 2.05) is 0 Å². The molecule has 0 bridgehead atoms. The summed E-state index contributed by atoms with van der Waals surface area (Å²) in [6.07, 6.45) is 1.05. The molecule has 0 saturated carbocycles. The Labute approximate surface area is 293 Å². The first kappa shape index (κ1) is 41.6. The van der Waals surface area contributed by atoms with Crippen molar-refractivity contribution in [3.63, 3.8) is 0 Å². The third-order valence-electron chi connectivity index (χ3n) is 6.61. The van der Waals surface area contributed by atoms with Gasteiger partial charge in [-0.2, -0.15) is 0 Å². The largest absolute Gasteiger partial charge is 0.497 e. The first-order valence-corrected chi connectivity index (χ1v) is 15.5. The average molecular weight is 715 g/mol. The minimum atomic E-state index is -2.30. The van der Waals surface area contributed by atoms with E-state index in [-0.39, 0.29) is 52.7 Å². The van der Waals surface area contributed by atoms with Crippen LogP contribution in [0.3, 0.4) is 0 Å². The minimum Gasteiger partial charge on any atom is -0.497 e. The van der Waals surface area contributed by atoms with E-state index in [1.165, 1.54) is 14.2 Å². The summed E-state index contributed by atoms with van der Waals surface area (Å²) in [6, 6.07) is 7.90. The summed E-state index contributed by atoms with van der Waals surface area (Å²) in [7, 11) is 2.92. The van der Waals surface area contributed by atoms with E-state index in [0.717, 1.165) is 12.4 Å². The second-order valence-corrected chi connectivity index (χ2v) is 10.2. The number of aliphatic hydroxyl groups is 2. The fourth-order valence-electron chi connectivity index (χ4n) is 4.21. The maximum atomic E-state index is 13.8. The second kappa shape index (κ2) is 23.0. The highest BCUT2D eigenvalue weighted by molar-refractivity contribution is 6.16. The van der Waals surface area contributed by atoms with Crippen LogP contribution < -0.4 is 25.8 Å². The van der Waals surface area contributed by atoms with Gasteiger partial charge in [-0.15, -0.1) is 0 Å². The fourth-order valence-corrected chi connectivity index (χ4v) is 4.21. The maximum absolute atomic E-state index is 13.8. The lowest BCUT2D eigenvalue weighted by molar-refractivity contribution is -0.155. The van der Waals surface area contributed by atoms with E-state index in [2.05, 4.69) is 20.6 Å². The summed E-state index contributed by atoms with van der Waals surface area (Å²) < 4.78 is 20.5. The highest BCUT2D eigenvalue weighted by atomic mass is 16.5. The van der Waals surface area contributed by atoms with E-state index in [4.69, 9.17) is 34.9 Å². The predicted octanol–water partition coefficient (Wildman–Crippen LogP) is -2.01. The van der Waals surface area contributed by atoms with Crippen LogP contribution in [0.4, 0.5) is 0 Å². The molecule has 2 aromatic carbocycles. The van der Waals surface area contributed by atoms with Crippen LogP contribution in [0.15, 0.2) is 58.5 Å². The number of rotatable bonds is 22. The molecule has 2 rings (SSSR count). The Morgan fingerprint density at radius 2 is 1.10 bits per heavy atom. The van der Waals surface area contributed by atoms with Gasteiger partial charge in [-0.05, 0) is 59.7 Å². The number of ether oxygens (including phenoxy) is 4. The molecule has 0 aromatic heterocycles. The zero-order chi connectivity index (χ0) is 37.6. The molecule has 2 atom stereocenters. The Hall–Kier alpha value is -5.56. The third-order valence-corrected chi connectivity index (χ3v) is 6.61. The third kappa shape index (κ3) is 14.4. The van der Waals surface area contributed by atoms with Crippen molar-refractivity contribution in [3.8, 4) is 11.5 Å². The zero-order valence-corrected chi connectivity index (χ0v) is 28.2. The lowest BCUT2D eigenvalue weighted by Gasteiger charge is -2.33. The van der Waals surface area contributed by atoms with Crippen molar-refractivity contribution in [3.05, 3.63) is 59.7 Å². The molecule has 18 heteroatoms. The lowest BCUT2D eigenvalue weighted by Crippen LogP contribution is -2.63. The van der Waals surface area contributed by atoms with E-state index < -0.39 is 53.9 Å². The molecule has 0 radical (unpaired) electrons. The standard InChI is InChI=1S/C33H42N6O12/c1-48-24-7-3-22(4-8-24)20-37-32(46)28(30(44)35-11-15-50-17-13-40)39(27(43)19-26(34)42)29(31(45)36-12-16-51-18-14-41)33(47)38-21-23-5-9-25(49-2)10-6-23/h3-10,20-21,28-29,40-41H,11-19H2,1-2H3,(H2,34,42)(H,35,44)(H,36,45). The smallest absolute Gasteiger partial charge is 0.278 e. The Morgan fingerprint density at radius 1 is 0.706 bits per heavy atom. The number of methoxy groups -OCH3 is 2. The van der Waals surface area contributed by atoms with Gasteiger partial charge in [-0.25, -0.2) is 9.98 Å². The normalized spacial score (nSPS) is 12.2. The number of carbonyl (C=O) groups is 6. The highest BCUT2D eigenvalue weighted by Gasteiger charge is 2.46. The Kier molecular flexibility index (Phi) is 18.7. The molecule has 2 aromatic rings. The van der Waals surface area contributed by atoms with Gasteiger partial charge >= 0.3 is 0 Å². The number of nitrogens with two attached hydrogens (primary N) is 1. The highest BCUT2D eigenvalue weighted by Crippen LogP contribution is 2.16. The molecule has 51 heavy (non-hydrogen) atoms. The summed E-state index contributed by atoms with van der Waals surface area (Å²) in [5.41, 5.74) is 6.06. The molecule has 0 fully saturated rings. The van der Waals surface area contributed by atoms with Gasteiger partial charge in [0.2, 0.25) is 11.8 Å². The number of amides is 6. The van der Waals surface area contributed by atoms with Gasteiger partial charge in [0.15, 0.2) is 12.1 Å². The van der Waals surface area contributed by atoms with Gasteiger partial charge < -0.3 is 50.4 Å². The van der Waals surface area contributed by atoms with Crippen molar-refractivity contribution in [2.75, 3.05) is 67.0 Å².